The zero-order valence-corrected chi connectivity index (χ0v) is 11.2. The number of benzene rings is 1. The van der Waals surface area contributed by atoms with Crippen LogP contribution in [0.4, 0.5) is 0 Å². The third-order valence-corrected chi connectivity index (χ3v) is 3.34. The number of nitrogens with one attached hydrogen (secondary N) is 1. The molecule has 0 saturated heterocycles. The molecule has 0 fully saturated rings. The number of hydrazine groups is 1. The Kier molecular flexibility index (Phi) is 3.54. The molecule has 1 aliphatic heterocycles. The number of pyridine rings is 1. The Bertz CT molecular complexity index is 603. The van der Waals surface area contributed by atoms with Crippen molar-refractivity contribution in [2.75, 3.05) is 6.61 Å². The van der Waals surface area contributed by atoms with Gasteiger partial charge in [0.25, 0.3) is 0 Å². The van der Waals surface area contributed by atoms with E-state index < -0.39 is 0 Å². The van der Waals surface area contributed by atoms with Gasteiger partial charge >= 0.3 is 0 Å². The minimum atomic E-state index is -0.196. The van der Waals surface area contributed by atoms with E-state index in [4.69, 9.17) is 15.3 Å². The van der Waals surface area contributed by atoms with Crippen LogP contribution in [0.15, 0.2) is 42.7 Å². The summed E-state index contributed by atoms with van der Waals surface area (Å²) in [5, 5.41) is 0. The number of aryl methyl sites for hydroxylation is 1. The quantitative estimate of drug-likeness (QED) is 0.657. The second kappa shape index (κ2) is 5.48. The second-order valence-electron chi connectivity index (χ2n) is 4.85. The molecule has 5 heteroatoms. The first-order valence-electron chi connectivity index (χ1n) is 6.54. The first-order valence-corrected chi connectivity index (χ1v) is 6.54. The van der Waals surface area contributed by atoms with Gasteiger partial charge in [0.2, 0.25) is 0 Å². The summed E-state index contributed by atoms with van der Waals surface area (Å²) in [5.74, 6) is 7.20. The number of rotatable bonds is 3. The van der Waals surface area contributed by atoms with Crippen LogP contribution in [-0.4, -0.2) is 17.7 Å². The van der Waals surface area contributed by atoms with Gasteiger partial charge in [0.05, 0.1) is 6.04 Å². The minimum absolute atomic E-state index is 0.171. The van der Waals surface area contributed by atoms with Crippen LogP contribution in [-0.2, 0) is 0 Å². The van der Waals surface area contributed by atoms with Gasteiger partial charge < -0.3 is 9.47 Å². The molecule has 0 aliphatic carbocycles. The van der Waals surface area contributed by atoms with E-state index >= 15 is 0 Å². The molecule has 0 spiro atoms. The van der Waals surface area contributed by atoms with Crippen molar-refractivity contribution in [3.8, 4) is 11.5 Å². The van der Waals surface area contributed by atoms with Crippen molar-refractivity contribution in [3.63, 3.8) is 0 Å². The Labute approximate surface area is 117 Å². The lowest BCUT2D eigenvalue weighted by molar-refractivity contribution is 0.0616. The molecule has 0 radical (unpaired) electrons. The molecule has 104 valence electrons. The zero-order chi connectivity index (χ0) is 13.9. The lowest BCUT2D eigenvalue weighted by atomic mass is 10.0. The average Bonchev–Trinajstić information content (AvgIpc) is 2.48. The molecule has 3 N–H and O–H groups in total. The third-order valence-electron chi connectivity index (χ3n) is 3.34. The van der Waals surface area contributed by atoms with Crippen LogP contribution < -0.4 is 20.7 Å². The fourth-order valence-corrected chi connectivity index (χ4v) is 2.37. The molecule has 20 heavy (non-hydrogen) atoms. The topological polar surface area (TPSA) is 69.4 Å². The molecule has 1 aliphatic rings. The van der Waals surface area contributed by atoms with Crippen molar-refractivity contribution in [2.24, 2.45) is 5.84 Å². The lowest BCUT2D eigenvalue weighted by Crippen LogP contribution is -2.44. The lowest BCUT2D eigenvalue weighted by Gasteiger charge is -2.32. The fraction of sp³-hybridized carbons (Fsp3) is 0.267. The van der Waals surface area contributed by atoms with Gasteiger partial charge in [0, 0.05) is 12.4 Å². The maximum atomic E-state index is 5.98. The van der Waals surface area contributed by atoms with E-state index in [1.54, 1.807) is 6.20 Å². The number of para-hydroxylation sites is 2. The van der Waals surface area contributed by atoms with Crippen molar-refractivity contribution < 1.29 is 9.47 Å². The molecule has 2 atom stereocenters. The number of hydrogen-bond donors (Lipinski definition) is 2. The van der Waals surface area contributed by atoms with E-state index in [-0.39, 0.29) is 12.1 Å². The van der Waals surface area contributed by atoms with Gasteiger partial charge in [-0.3, -0.25) is 10.8 Å². The second-order valence-corrected chi connectivity index (χ2v) is 4.85. The van der Waals surface area contributed by atoms with Gasteiger partial charge in [-0.15, -0.1) is 0 Å². The Balaban J connectivity index is 1.85. The number of nitrogens with two attached hydrogens (primary N) is 1. The Morgan fingerprint density at radius 1 is 1.30 bits per heavy atom. The van der Waals surface area contributed by atoms with E-state index in [1.807, 2.05) is 43.5 Å². The third kappa shape index (κ3) is 2.45. The van der Waals surface area contributed by atoms with Crippen molar-refractivity contribution in [3.05, 3.63) is 53.9 Å². The average molecular weight is 271 g/mol. The van der Waals surface area contributed by atoms with Gasteiger partial charge in [-0.1, -0.05) is 18.2 Å². The van der Waals surface area contributed by atoms with Crippen LogP contribution in [0.2, 0.25) is 0 Å². The molecule has 2 unspecified atom stereocenters. The van der Waals surface area contributed by atoms with Crippen molar-refractivity contribution in [1.29, 1.82) is 0 Å². The Morgan fingerprint density at radius 3 is 2.85 bits per heavy atom. The molecule has 1 aromatic carbocycles. The van der Waals surface area contributed by atoms with E-state index in [0.29, 0.717) is 6.61 Å². The van der Waals surface area contributed by atoms with Crippen LogP contribution in [0.1, 0.15) is 17.2 Å². The summed E-state index contributed by atoms with van der Waals surface area (Å²) >= 11 is 0. The highest BCUT2D eigenvalue weighted by molar-refractivity contribution is 5.41. The zero-order valence-electron chi connectivity index (χ0n) is 11.2. The van der Waals surface area contributed by atoms with E-state index in [2.05, 4.69) is 10.4 Å². The Hall–Kier alpha value is -2.11. The van der Waals surface area contributed by atoms with Crippen LogP contribution >= 0.6 is 0 Å². The van der Waals surface area contributed by atoms with Crippen LogP contribution in [0.25, 0.3) is 0 Å². The van der Waals surface area contributed by atoms with Crippen LogP contribution in [0, 0.1) is 6.92 Å². The summed E-state index contributed by atoms with van der Waals surface area (Å²) in [6.07, 6.45) is 3.41. The van der Waals surface area contributed by atoms with E-state index in [0.717, 1.165) is 22.6 Å². The maximum Gasteiger partial charge on any atom is 0.161 e. The summed E-state index contributed by atoms with van der Waals surface area (Å²) in [4.78, 5) is 4.20. The Morgan fingerprint density at radius 2 is 2.10 bits per heavy atom. The summed E-state index contributed by atoms with van der Waals surface area (Å²) in [6.45, 7) is 2.44. The minimum Gasteiger partial charge on any atom is -0.486 e. The summed E-state index contributed by atoms with van der Waals surface area (Å²) in [6, 6.07) is 9.50. The smallest absolute Gasteiger partial charge is 0.161 e. The summed E-state index contributed by atoms with van der Waals surface area (Å²) < 4.78 is 11.7. The van der Waals surface area contributed by atoms with Crippen LogP contribution in [0.5, 0.6) is 11.5 Å². The molecule has 0 amide bonds. The number of aromatic nitrogens is 1. The number of nitrogens with zero attached hydrogens (tertiary/aromatic N) is 1. The molecular formula is C15H17N3O2. The highest BCUT2D eigenvalue weighted by Crippen LogP contribution is 2.34. The fourth-order valence-electron chi connectivity index (χ4n) is 2.37. The summed E-state index contributed by atoms with van der Waals surface area (Å²) in [5.41, 5.74) is 4.87. The van der Waals surface area contributed by atoms with Crippen molar-refractivity contribution >= 4 is 0 Å². The molecule has 2 heterocycles. The monoisotopic (exact) mass is 271 g/mol. The van der Waals surface area contributed by atoms with Crippen LogP contribution in [0.3, 0.4) is 0 Å². The maximum absolute atomic E-state index is 5.98. The van der Waals surface area contributed by atoms with E-state index in [1.165, 1.54) is 0 Å². The molecule has 0 bridgehead atoms. The standard InChI is InChI=1S/C15H17N3O2/c1-10-6-11(8-17-7-10)15(18-16)14-9-19-12-4-2-3-5-13(12)20-14/h2-8,14-15,18H,9,16H2,1H3. The van der Waals surface area contributed by atoms with E-state index in [9.17, 15) is 0 Å². The molecule has 0 saturated carbocycles. The normalized spacial score (nSPS) is 18.6. The summed E-state index contributed by atoms with van der Waals surface area (Å²) in [7, 11) is 0. The number of hydrogen-bond acceptors (Lipinski definition) is 5. The highest BCUT2D eigenvalue weighted by atomic mass is 16.6. The van der Waals surface area contributed by atoms with Gasteiger partial charge in [-0.25, -0.2) is 5.43 Å². The molecule has 1 aromatic heterocycles. The molecule has 3 rings (SSSR count). The molecule has 5 nitrogen and oxygen atoms in total. The van der Waals surface area contributed by atoms with Crippen molar-refractivity contribution in [1.82, 2.24) is 10.4 Å². The van der Waals surface area contributed by atoms with Gasteiger partial charge in [0.1, 0.15) is 6.61 Å². The SMILES string of the molecule is Cc1cncc(C(NN)C2COc3ccccc3O2)c1. The van der Waals surface area contributed by atoms with Crippen molar-refractivity contribution in [2.45, 2.75) is 19.1 Å². The van der Waals surface area contributed by atoms with Gasteiger partial charge in [-0.05, 0) is 30.2 Å². The van der Waals surface area contributed by atoms with Gasteiger partial charge in [0.15, 0.2) is 17.6 Å². The first-order chi connectivity index (χ1) is 9.78. The highest BCUT2D eigenvalue weighted by Gasteiger charge is 2.29. The largest absolute Gasteiger partial charge is 0.486 e. The number of fused-ring (bicyclic) bond motifs is 1. The number of ether oxygens (including phenoxy) is 2. The predicted molar refractivity (Wildman–Crippen MR) is 75.4 cm³/mol. The molecule has 2 aromatic rings. The first kappa shape index (κ1) is 12.9. The van der Waals surface area contributed by atoms with Gasteiger partial charge in [-0.2, -0.15) is 0 Å². The molecular weight excluding hydrogens is 254 g/mol. The predicted octanol–water partition coefficient (Wildman–Crippen LogP) is 1.73.